The molecule has 1 amide bonds. The van der Waals surface area contributed by atoms with Crippen LogP contribution in [0.2, 0.25) is 0 Å². The van der Waals surface area contributed by atoms with E-state index < -0.39 is 0 Å². The van der Waals surface area contributed by atoms with E-state index in [2.05, 4.69) is 15.5 Å². The topological polar surface area (TPSA) is 93.0 Å². The summed E-state index contributed by atoms with van der Waals surface area (Å²) in [6.07, 6.45) is 2.63. The van der Waals surface area contributed by atoms with Crippen molar-refractivity contribution < 1.29 is 9.53 Å². The number of aromatic amines is 1. The maximum Gasteiger partial charge on any atom is 0.255 e. The number of rotatable bonds is 5. The van der Waals surface area contributed by atoms with Gasteiger partial charge in [-0.2, -0.15) is 5.10 Å². The summed E-state index contributed by atoms with van der Waals surface area (Å²) in [4.78, 5) is 12.3. The molecule has 1 aromatic heterocycles. The minimum Gasteiger partial charge on any atom is -0.491 e. The summed E-state index contributed by atoms with van der Waals surface area (Å²) in [7, 11) is 0. The zero-order valence-corrected chi connectivity index (χ0v) is 12.8. The van der Waals surface area contributed by atoms with Gasteiger partial charge in [0.2, 0.25) is 0 Å². The third-order valence-corrected chi connectivity index (χ3v) is 3.43. The molecule has 0 bridgehead atoms. The smallest absolute Gasteiger partial charge is 0.255 e. The van der Waals surface area contributed by atoms with Crippen LogP contribution in [0.1, 0.15) is 23.7 Å². The standard InChI is InChI=1S/C17H18N4O2/c1-2-7-23-16-6-4-11(8-14(16)18)17(22)20-13-5-3-12-10-19-21-15(12)9-13/h3-6,8-10H,2,7,18H2,1H3,(H,19,21)(H,20,22). The lowest BCUT2D eigenvalue weighted by Crippen LogP contribution is -2.12. The van der Waals surface area contributed by atoms with Gasteiger partial charge in [0, 0.05) is 16.6 Å². The largest absolute Gasteiger partial charge is 0.491 e. The number of nitrogens with two attached hydrogens (primary N) is 1. The number of nitrogens with zero attached hydrogens (tertiary/aromatic N) is 1. The first-order valence-corrected chi connectivity index (χ1v) is 7.44. The average Bonchev–Trinajstić information content (AvgIpc) is 3.01. The van der Waals surface area contributed by atoms with Crippen molar-refractivity contribution in [1.29, 1.82) is 0 Å². The van der Waals surface area contributed by atoms with Crippen molar-refractivity contribution in [2.24, 2.45) is 0 Å². The Kier molecular flexibility index (Phi) is 4.14. The van der Waals surface area contributed by atoms with Gasteiger partial charge in [0.1, 0.15) is 5.75 Å². The number of carbonyl (C=O) groups is 1. The predicted molar refractivity (Wildman–Crippen MR) is 90.7 cm³/mol. The molecule has 0 aliphatic rings. The summed E-state index contributed by atoms with van der Waals surface area (Å²) < 4.78 is 5.51. The van der Waals surface area contributed by atoms with Crippen LogP contribution in [-0.2, 0) is 0 Å². The Balaban J connectivity index is 1.75. The second-order valence-corrected chi connectivity index (χ2v) is 5.23. The van der Waals surface area contributed by atoms with Crippen LogP contribution in [0.3, 0.4) is 0 Å². The quantitative estimate of drug-likeness (QED) is 0.631. The Labute approximate surface area is 133 Å². The first-order chi connectivity index (χ1) is 11.2. The number of benzene rings is 2. The number of H-pyrrole nitrogens is 1. The lowest BCUT2D eigenvalue weighted by molar-refractivity contribution is 0.102. The third-order valence-electron chi connectivity index (χ3n) is 3.43. The summed E-state index contributed by atoms with van der Waals surface area (Å²) in [6, 6.07) is 10.6. The van der Waals surface area contributed by atoms with E-state index in [1.807, 2.05) is 25.1 Å². The van der Waals surface area contributed by atoms with Gasteiger partial charge in [-0.1, -0.05) is 6.92 Å². The number of anilines is 2. The Hall–Kier alpha value is -3.02. The summed E-state index contributed by atoms with van der Waals surface area (Å²) in [5, 5.41) is 10.7. The molecule has 6 heteroatoms. The van der Waals surface area contributed by atoms with Gasteiger partial charge in [0.15, 0.2) is 0 Å². The minimum absolute atomic E-state index is 0.224. The number of hydrogen-bond donors (Lipinski definition) is 3. The van der Waals surface area contributed by atoms with E-state index >= 15 is 0 Å². The molecule has 3 rings (SSSR count). The highest BCUT2D eigenvalue weighted by atomic mass is 16.5. The Morgan fingerprint density at radius 2 is 2.17 bits per heavy atom. The van der Waals surface area contributed by atoms with Crippen molar-refractivity contribution in [2.45, 2.75) is 13.3 Å². The van der Waals surface area contributed by atoms with Crippen molar-refractivity contribution in [1.82, 2.24) is 10.2 Å². The van der Waals surface area contributed by atoms with E-state index in [1.54, 1.807) is 24.4 Å². The molecule has 1 heterocycles. The Bertz CT molecular complexity index is 841. The molecule has 0 saturated heterocycles. The lowest BCUT2D eigenvalue weighted by Gasteiger charge is -2.10. The van der Waals surface area contributed by atoms with Crippen molar-refractivity contribution in [3.05, 3.63) is 48.2 Å². The maximum atomic E-state index is 12.3. The number of amides is 1. The monoisotopic (exact) mass is 310 g/mol. The van der Waals surface area contributed by atoms with Gasteiger partial charge in [-0.25, -0.2) is 0 Å². The minimum atomic E-state index is -0.224. The van der Waals surface area contributed by atoms with E-state index in [0.29, 0.717) is 29.3 Å². The number of carbonyl (C=O) groups excluding carboxylic acids is 1. The molecule has 0 unspecified atom stereocenters. The van der Waals surface area contributed by atoms with Crippen LogP contribution in [0.25, 0.3) is 10.9 Å². The van der Waals surface area contributed by atoms with Crippen molar-refractivity contribution in [2.75, 3.05) is 17.7 Å². The molecule has 0 radical (unpaired) electrons. The van der Waals surface area contributed by atoms with Crippen LogP contribution in [0.15, 0.2) is 42.6 Å². The van der Waals surface area contributed by atoms with Gasteiger partial charge < -0.3 is 15.8 Å². The van der Waals surface area contributed by atoms with Crippen LogP contribution in [0.4, 0.5) is 11.4 Å². The van der Waals surface area contributed by atoms with Gasteiger partial charge in [-0.05, 0) is 42.8 Å². The number of hydrogen-bond acceptors (Lipinski definition) is 4. The molecule has 0 atom stereocenters. The first-order valence-electron chi connectivity index (χ1n) is 7.44. The molecular formula is C17H18N4O2. The SMILES string of the molecule is CCCOc1ccc(C(=O)Nc2ccc3cn[nH]c3c2)cc1N. The average molecular weight is 310 g/mol. The number of nitrogen functional groups attached to an aromatic ring is 1. The van der Waals surface area contributed by atoms with Crippen LogP contribution >= 0.6 is 0 Å². The van der Waals surface area contributed by atoms with Crippen LogP contribution < -0.4 is 15.8 Å². The zero-order chi connectivity index (χ0) is 16.2. The van der Waals surface area contributed by atoms with E-state index in [0.717, 1.165) is 17.3 Å². The van der Waals surface area contributed by atoms with Crippen LogP contribution in [0, 0.1) is 0 Å². The fourth-order valence-corrected chi connectivity index (χ4v) is 2.25. The predicted octanol–water partition coefficient (Wildman–Crippen LogP) is 3.19. The summed E-state index contributed by atoms with van der Waals surface area (Å²) >= 11 is 0. The molecule has 0 spiro atoms. The fraction of sp³-hybridized carbons (Fsp3) is 0.176. The van der Waals surface area contributed by atoms with E-state index in [1.165, 1.54) is 0 Å². The first kappa shape index (κ1) is 14.9. The number of fused-ring (bicyclic) bond motifs is 1. The van der Waals surface area contributed by atoms with Gasteiger partial charge in [-0.3, -0.25) is 9.89 Å². The number of ether oxygens (including phenoxy) is 1. The maximum absolute atomic E-state index is 12.3. The molecule has 0 fully saturated rings. The highest BCUT2D eigenvalue weighted by Crippen LogP contribution is 2.24. The second kappa shape index (κ2) is 6.39. The molecule has 0 aliphatic carbocycles. The normalized spacial score (nSPS) is 10.7. The molecule has 0 saturated carbocycles. The number of nitrogens with one attached hydrogen (secondary N) is 2. The highest BCUT2D eigenvalue weighted by Gasteiger charge is 2.10. The summed E-state index contributed by atoms with van der Waals surface area (Å²) in [5.74, 6) is 0.375. The Morgan fingerprint density at radius 3 is 2.96 bits per heavy atom. The lowest BCUT2D eigenvalue weighted by atomic mass is 10.1. The molecular weight excluding hydrogens is 292 g/mol. The molecule has 6 nitrogen and oxygen atoms in total. The van der Waals surface area contributed by atoms with E-state index in [4.69, 9.17) is 10.5 Å². The summed E-state index contributed by atoms with van der Waals surface area (Å²) in [5.41, 5.74) is 8.43. The van der Waals surface area contributed by atoms with Crippen molar-refractivity contribution >= 4 is 28.2 Å². The van der Waals surface area contributed by atoms with Crippen LogP contribution in [-0.4, -0.2) is 22.7 Å². The van der Waals surface area contributed by atoms with Crippen LogP contribution in [0.5, 0.6) is 5.75 Å². The molecule has 3 aromatic rings. The molecule has 4 N–H and O–H groups in total. The Morgan fingerprint density at radius 1 is 1.30 bits per heavy atom. The van der Waals surface area contributed by atoms with Gasteiger partial charge in [0.05, 0.1) is 24.0 Å². The van der Waals surface area contributed by atoms with E-state index in [-0.39, 0.29) is 5.91 Å². The van der Waals surface area contributed by atoms with Gasteiger partial charge >= 0.3 is 0 Å². The van der Waals surface area contributed by atoms with Crippen molar-refractivity contribution in [3.63, 3.8) is 0 Å². The number of aromatic nitrogens is 2. The fourth-order valence-electron chi connectivity index (χ4n) is 2.25. The molecule has 2 aromatic carbocycles. The molecule has 118 valence electrons. The molecule has 23 heavy (non-hydrogen) atoms. The zero-order valence-electron chi connectivity index (χ0n) is 12.8. The second-order valence-electron chi connectivity index (χ2n) is 5.23. The molecule has 0 aliphatic heterocycles. The van der Waals surface area contributed by atoms with Gasteiger partial charge in [-0.15, -0.1) is 0 Å². The highest BCUT2D eigenvalue weighted by molar-refractivity contribution is 6.05. The van der Waals surface area contributed by atoms with E-state index in [9.17, 15) is 4.79 Å². The van der Waals surface area contributed by atoms with Crippen molar-refractivity contribution in [3.8, 4) is 5.75 Å². The summed E-state index contributed by atoms with van der Waals surface area (Å²) in [6.45, 7) is 2.62. The van der Waals surface area contributed by atoms with Gasteiger partial charge in [0.25, 0.3) is 5.91 Å². The third kappa shape index (κ3) is 3.26.